The zero-order valence-corrected chi connectivity index (χ0v) is 16.7. The Balaban J connectivity index is 2.30. The number of hydrogen-bond acceptors (Lipinski definition) is 8. The van der Waals surface area contributed by atoms with Crippen molar-refractivity contribution in [2.24, 2.45) is 0 Å². The normalized spacial score (nSPS) is 11.8. The van der Waals surface area contributed by atoms with Gasteiger partial charge in [0.05, 0.1) is 19.5 Å². The zero-order valence-electron chi connectivity index (χ0n) is 15.8. The molecular formula is C19H26NO7P. The minimum Gasteiger partial charge on any atom is -0.508 e. The van der Waals surface area contributed by atoms with E-state index in [4.69, 9.17) is 9.05 Å². The van der Waals surface area contributed by atoms with Gasteiger partial charge in [0.2, 0.25) is 0 Å². The van der Waals surface area contributed by atoms with E-state index >= 15 is 0 Å². The lowest BCUT2D eigenvalue weighted by atomic mass is 9.89. The molecule has 8 nitrogen and oxygen atoms in total. The van der Waals surface area contributed by atoms with Gasteiger partial charge in [-0.2, -0.15) is 0 Å². The fraction of sp³-hybridized carbons (Fsp3) is 0.368. The Morgan fingerprint density at radius 2 is 1.36 bits per heavy atom. The minimum absolute atomic E-state index is 0.0527. The van der Waals surface area contributed by atoms with Crippen LogP contribution in [-0.4, -0.2) is 46.5 Å². The molecule has 2 aromatic rings. The first-order chi connectivity index (χ1) is 13.3. The molecule has 5 N–H and O–H groups in total. The van der Waals surface area contributed by atoms with Crippen molar-refractivity contribution in [1.82, 2.24) is 5.32 Å². The van der Waals surface area contributed by atoms with Crippen molar-refractivity contribution in [3.8, 4) is 23.0 Å². The predicted octanol–water partition coefficient (Wildman–Crippen LogP) is 3.45. The summed E-state index contributed by atoms with van der Waals surface area (Å²) in [4.78, 5) is 0. The van der Waals surface area contributed by atoms with E-state index in [0.29, 0.717) is 11.1 Å². The van der Waals surface area contributed by atoms with Gasteiger partial charge in [0, 0.05) is 35.7 Å². The highest BCUT2D eigenvalue weighted by molar-refractivity contribution is 7.53. The lowest BCUT2D eigenvalue weighted by molar-refractivity contribution is 0.218. The zero-order chi connectivity index (χ0) is 20.7. The van der Waals surface area contributed by atoms with Gasteiger partial charge in [0.25, 0.3) is 0 Å². The molecule has 28 heavy (non-hydrogen) atoms. The molecule has 154 valence electrons. The van der Waals surface area contributed by atoms with Crippen LogP contribution in [0.2, 0.25) is 0 Å². The van der Waals surface area contributed by atoms with Crippen molar-refractivity contribution in [3.63, 3.8) is 0 Å². The smallest absolute Gasteiger partial charge is 0.344 e. The van der Waals surface area contributed by atoms with Crippen LogP contribution in [0.5, 0.6) is 23.0 Å². The summed E-state index contributed by atoms with van der Waals surface area (Å²) >= 11 is 0. The number of phenols is 4. The summed E-state index contributed by atoms with van der Waals surface area (Å²) in [6.45, 7) is 4.09. The van der Waals surface area contributed by atoms with Crippen LogP contribution in [0.3, 0.4) is 0 Å². The van der Waals surface area contributed by atoms with Crippen molar-refractivity contribution in [2.75, 3.05) is 26.0 Å². The first-order valence-electron chi connectivity index (χ1n) is 8.92. The van der Waals surface area contributed by atoms with E-state index < -0.39 is 13.5 Å². The summed E-state index contributed by atoms with van der Waals surface area (Å²) in [5.41, 5.74) is 0.878. The Morgan fingerprint density at radius 3 is 1.75 bits per heavy atom. The molecule has 0 heterocycles. The third-order valence-corrected chi connectivity index (χ3v) is 6.00. The largest absolute Gasteiger partial charge is 0.508 e. The Labute approximate surface area is 163 Å². The average molecular weight is 411 g/mol. The number of phenolic OH excluding ortho intramolecular Hbond substituents is 4. The minimum atomic E-state index is -3.31. The maximum atomic E-state index is 12.6. The fourth-order valence-corrected chi connectivity index (χ4v) is 4.36. The monoisotopic (exact) mass is 411 g/mol. The van der Waals surface area contributed by atoms with Crippen LogP contribution < -0.4 is 5.32 Å². The van der Waals surface area contributed by atoms with E-state index in [1.807, 2.05) is 0 Å². The van der Waals surface area contributed by atoms with Crippen molar-refractivity contribution >= 4 is 7.60 Å². The van der Waals surface area contributed by atoms with E-state index in [2.05, 4.69) is 5.32 Å². The van der Waals surface area contributed by atoms with Gasteiger partial charge in [-0.15, -0.1) is 0 Å². The molecule has 0 saturated carbocycles. The Hall–Kier alpha value is -2.25. The standard InChI is InChI=1S/C19H26NO7P/c1-3-26-28(25,27-4-2)12-20-11-17(15-7-5-13(21)9-18(15)23)16-8-6-14(22)10-19(16)24/h5-10,17,20-24H,3-4,11-12H2,1-2H3. The van der Waals surface area contributed by atoms with Crippen molar-refractivity contribution in [1.29, 1.82) is 0 Å². The lowest BCUT2D eigenvalue weighted by Gasteiger charge is -2.23. The number of hydrogen-bond donors (Lipinski definition) is 5. The van der Waals surface area contributed by atoms with E-state index in [-0.39, 0.29) is 49.0 Å². The number of benzene rings is 2. The molecule has 0 amide bonds. The molecule has 0 unspecified atom stereocenters. The van der Waals surface area contributed by atoms with Gasteiger partial charge < -0.3 is 34.8 Å². The molecule has 9 heteroatoms. The molecule has 0 aliphatic carbocycles. The molecule has 0 aromatic heterocycles. The van der Waals surface area contributed by atoms with Gasteiger partial charge >= 0.3 is 7.60 Å². The van der Waals surface area contributed by atoms with Crippen LogP contribution in [-0.2, 0) is 13.6 Å². The van der Waals surface area contributed by atoms with Crippen LogP contribution in [0.4, 0.5) is 0 Å². The molecular weight excluding hydrogens is 385 g/mol. The molecule has 0 aliphatic heterocycles. The van der Waals surface area contributed by atoms with Gasteiger partial charge in [-0.1, -0.05) is 12.1 Å². The van der Waals surface area contributed by atoms with Crippen molar-refractivity contribution in [2.45, 2.75) is 19.8 Å². The second kappa shape index (κ2) is 9.80. The highest BCUT2D eigenvalue weighted by Crippen LogP contribution is 2.47. The molecule has 2 rings (SSSR count). The number of aromatic hydroxyl groups is 4. The molecule has 0 radical (unpaired) electrons. The van der Waals surface area contributed by atoms with Crippen LogP contribution in [0.25, 0.3) is 0 Å². The SMILES string of the molecule is CCOP(=O)(CNCC(c1ccc(O)cc1O)c1ccc(O)cc1O)OCC. The third-order valence-electron chi connectivity index (χ3n) is 4.08. The van der Waals surface area contributed by atoms with E-state index in [1.54, 1.807) is 13.8 Å². The van der Waals surface area contributed by atoms with Crippen molar-refractivity contribution < 1.29 is 34.0 Å². The molecule has 0 saturated heterocycles. The highest BCUT2D eigenvalue weighted by atomic mass is 31.2. The first kappa shape index (κ1) is 22.0. The molecule has 0 aliphatic rings. The Morgan fingerprint density at radius 1 is 0.893 bits per heavy atom. The Bertz CT molecular complexity index is 782. The summed E-state index contributed by atoms with van der Waals surface area (Å²) in [5.74, 6) is -1.06. The van der Waals surface area contributed by atoms with E-state index in [9.17, 15) is 25.0 Å². The van der Waals surface area contributed by atoms with Gasteiger partial charge in [0.1, 0.15) is 23.0 Å². The van der Waals surface area contributed by atoms with Gasteiger partial charge in [0.15, 0.2) is 0 Å². The first-order valence-corrected chi connectivity index (χ1v) is 10.6. The van der Waals surface area contributed by atoms with Gasteiger partial charge in [-0.3, -0.25) is 4.57 Å². The fourth-order valence-electron chi connectivity index (χ4n) is 2.91. The topological polar surface area (TPSA) is 128 Å². The number of nitrogens with one attached hydrogen (secondary N) is 1. The summed E-state index contributed by atoms with van der Waals surface area (Å²) in [7, 11) is -3.31. The average Bonchev–Trinajstić information content (AvgIpc) is 2.60. The maximum absolute atomic E-state index is 12.6. The maximum Gasteiger partial charge on any atom is 0.344 e. The van der Waals surface area contributed by atoms with Gasteiger partial charge in [-0.05, 0) is 26.0 Å². The lowest BCUT2D eigenvalue weighted by Crippen LogP contribution is -2.25. The van der Waals surface area contributed by atoms with E-state index in [1.165, 1.54) is 36.4 Å². The van der Waals surface area contributed by atoms with Crippen LogP contribution in [0.1, 0.15) is 30.9 Å². The van der Waals surface area contributed by atoms with Crippen LogP contribution in [0, 0.1) is 0 Å². The van der Waals surface area contributed by atoms with Gasteiger partial charge in [-0.25, -0.2) is 0 Å². The highest BCUT2D eigenvalue weighted by Gasteiger charge is 2.26. The quantitative estimate of drug-likeness (QED) is 0.376. The van der Waals surface area contributed by atoms with Crippen LogP contribution >= 0.6 is 7.60 Å². The second-order valence-electron chi connectivity index (χ2n) is 6.10. The molecule has 0 fully saturated rings. The molecule has 0 atom stereocenters. The van der Waals surface area contributed by atoms with Crippen molar-refractivity contribution in [3.05, 3.63) is 47.5 Å². The summed E-state index contributed by atoms with van der Waals surface area (Å²) in [6, 6.07) is 8.31. The molecule has 0 spiro atoms. The summed E-state index contributed by atoms with van der Waals surface area (Å²) in [5, 5.41) is 42.7. The molecule has 0 bridgehead atoms. The third kappa shape index (κ3) is 5.62. The predicted molar refractivity (Wildman–Crippen MR) is 105 cm³/mol. The Kier molecular flexibility index (Phi) is 7.71. The van der Waals surface area contributed by atoms with E-state index in [0.717, 1.165) is 0 Å². The second-order valence-corrected chi connectivity index (χ2v) is 8.15. The van der Waals surface area contributed by atoms with Crippen LogP contribution in [0.15, 0.2) is 36.4 Å². The number of rotatable bonds is 10. The summed E-state index contributed by atoms with van der Waals surface area (Å²) in [6.07, 6.45) is -0.0527. The molecule has 2 aromatic carbocycles. The summed E-state index contributed by atoms with van der Waals surface area (Å²) < 4.78 is 23.1.